The number of aryl methyl sites for hydroxylation is 2. The Kier molecular flexibility index (Phi) is 5.09. The molecule has 3 nitrogen and oxygen atoms in total. The van der Waals surface area contributed by atoms with Gasteiger partial charge < -0.3 is 11.1 Å². The van der Waals surface area contributed by atoms with Crippen LogP contribution in [0.15, 0.2) is 30.3 Å². The van der Waals surface area contributed by atoms with E-state index in [-0.39, 0.29) is 5.91 Å². The highest BCUT2D eigenvalue weighted by atomic mass is 32.1. The number of benzene rings is 1. The van der Waals surface area contributed by atoms with E-state index in [9.17, 15) is 4.79 Å². The maximum atomic E-state index is 11.9. The molecule has 0 radical (unpaired) electrons. The Labute approximate surface area is 134 Å². The van der Waals surface area contributed by atoms with Crippen molar-refractivity contribution in [3.8, 4) is 0 Å². The third kappa shape index (κ3) is 4.37. The molecule has 1 aromatic carbocycles. The molecule has 0 aliphatic heterocycles. The van der Waals surface area contributed by atoms with Crippen LogP contribution in [0.1, 0.15) is 26.4 Å². The summed E-state index contributed by atoms with van der Waals surface area (Å²) in [5.74, 6) is 0.0155. The summed E-state index contributed by atoms with van der Waals surface area (Å²) in [5, 5.41) is 2.95. The lowest BCUT2D eigenvalue weighted by atomic mass is 10.1. The molecule has 5 heteroatoms. The van der Waals surface area contributed by atoms with E-state index < -0.39 is 0 Å². The Balaban J connectivity index is 1.88. The van der Waals surface area contributed by atoms with Gasteiger partial charge in [-0.1, -0.05) is 36.5 Å². The van der Waals surface area contributed by atoms with Crippen LogP contribution in [0.3, 0.4) is 0 Å². The van der Waals surface area contributed by atoms with Crippen molar-refractivity contribution < 1.29 is 4.79 Å². The molecule has 2 rings (SSSR count). The largest absolute Gasteiger partial charge is 0.389 e. The van der Waals surface area contributed by atoms with Crippen LogP contribution >= 0.6 is 23.6 Å². The number of hydrogen-bond acceptors (Lipinski definition) is 3. The Morgan fingerprint density at radius 2 is 1.95 bits per heavy atom. The van der Waals surface area contributed by atoms with E-state index in [0.717, 1.165) is 11.1 Å². The van der Waals surface area contributed by atoms with Crippen LogP contribution in [0.2, 0.25) is 0 Å². The van der Waals surface area contributed by atoms with E-state index >= 15 is 0 Å². The fourth-order valence-corrected chi connectivity index (χ4v) is 3.09. The maximum Gasteiger partial charge on any atom is 0.224 e. The summed E-state index contributed by atoms with van der Waals surface area (Å²) in [4.78, 5) is 14.8. The number of nitrogens with two attached hydrogens (primary N) is 1. The lowest BCUT2D eigenvalue weighted by molar-refractivity contribution is -0.120. The minimum Gasteiger partial charge on any atom is -0.389 e. The molecule has 3 N–H and O–H groups in total. The van der Waals surface area contributed by atoms with Crippen molar-refractivity contribution in [1.82, 2.24) is 5.32 Å². The van der Waals surface area contributed by atoms with Gasteiger partial charge in [-0.25, -0.2) is 0 Å². The summed E-state index contributed by atoms with van der Waals surface area (Å²) < 4.78 is 0. The first kappa shape index (κ1) is 15.7. The van der Waals surface area contributed by atoms with Crippen molar-refractivity contribution in [3.05, 3.63) is 56.8 Å². The quantitative estimate of drug-likeness (QED) is 0.834. The van der Waals surface area contributed by atoms with Gasteiger partial charge in [-0.15, -0.1) is 11.3 Å². The second kappa shape index (κ2) is 6.83. The highest BCUT2D eigenvalue weighted by molar-refractivity contribution is 7.80. The van der Waals surface area contributed by atoms with Gasteiger partial charge in [-0.05, 0) is 31.0 Å². The van der Waals surface area contributed by atoms with Crippen molar-refractivity contribution >= 4 is 34.5 Å². The molecule has 2 aromatic rings. The molecule has 0 spiro atoms. The molecule has 0 fully saturated rings. The van der Waals surface area contributed by atoms with Crippen LogP contribution in [0.25, 0.3) is 0 Å². The molecule has 0 bridgehead atoms. The highest BCUT2D eigenvalue weighted by Crippen LogP contribution is 2.20. The van der Waals surface area contributed by atoms with Gasteiger partial charge in [-0.3, -0.25) is 4.79 Å². The van der Waals surface area contributed by atoms with Crippen LogP contribution in [0, 0.1) is 13.8 Å². The Morgan fingerprint density at radius 1 is 1.29 bits per heavy atom. The number of carbonyl (C=O) groups excluding carboxylic acids is 1. The van der Waals surface area contributed by atoms with E-state index in [0.29, 0.717) is 18.0 Å². The van der Waals surface area contributed by atoms with E-state index in [4.69, 9.17) is 18.0 Å². The summed E-state index contributed by atoms with van der Waals surface area (Å²) in [5.41, 5.74) is 8.59. The first-order valence-electron chi connectivity index (χ1n) is 6.67. The standard InChI is InChI=1S/C16H18N2OS2/c1-10-7-14(21-11(10)2)9-18-15(19)8-12-3-5-13(6-4-12)16(17)20/h3-7H,8-9H2,1-2H3,(H2,17,20)(H,18,19). The van der Waals surface area contributed by atoms with Crippen molar-refractivity contribution in [1.29, 1.82) is 0 Å². The van der Waals surface area contributed by atoms with E-state index in [1.54, 1.807) is 11.3 Å². The average molecular weight is 318 g/mol. The molecule has 0 aliphatic rings. The first-order valence-corrected chi connectivity index (χ1v) is 7.89. The molecule has 21 heavy (non-hydrogen) atoms. The molecule has 0 saturated carbocycles. The molecule has 0 aliphatic carbocycles. The summed E-state index contributed by atoms with van der Waals surface area (Å²) in [6.45, 7) is 4.76. The number of thiophene rings is 1. The molecule has 1 amide bonds. The smallest absolute Gasteiger partial charge is 0.224 e. The number of rotatable bonds is 5. The zero-order valence-corrected chi connectivity index (χ0v) is 13.7. The van der Waals surface area contributed by atoms with Gasteiger partial charge in [-0.2, -0.15) is 0 Å². The Hall–Kier alpha value is -1.72. The second-order valence-corrected chi connectivity index (χ2v) is 6.75. The zero-order valence-electron chi connectivity index (χ0n) is 12.1. The van der Waals surface area contributed by atoms with E-state index in [1.807, 2.05) is 24.3 Å². The third-order valence-electron chi connectivity index (χ3n) is 3.28. The lowest BCUT2D eigenvalue weighted by Gasteiger charge is -2.05. The molecule has 0 saturated heterocycles. The minimum absolute atomic E-state index is 0.0155. The zero-order chi connectivity index (χ0) is 15.4. The molecular formula is C16H18N2OS2. The average Bonchev–Trinajstić information content (AvgIpc) is 2.76. The highest BCUT2D eigenvalue weighted by Gasteiger charge is 2.06. The lowest BCUT2D eigenvalue weighted by Crippen LogP contribution is -2.24. The van der Waals surface area contributed by atoms with Gasteiger partial charge in [0.05, 0.1) is 13.0 Å². The molecule has 1 heterocycles. The van der Waals surface area contributed by atoms with E-state index in [1.165, 1.54) is 15.3 Å². The summed E-state index contributed by atoms with van der Waals surface area (Å²) in [6.07, 6.45) is 0.362. The predicted molar refractivity (Wildman–Crippen MR) is 91.7 cm³/mol. The number of thiocarbonyl (C=S) groups is 1. The van der Waals surface area contributed by atoms with Gasteiger partial charge in [0.15, 0.2) is 0 Å². The number of nitrogens with one attached hydrogen (secondary N) is 1. The second-order valence-electron chi connectivity index (χ2n) is 4.97. The van der Waals surface area contributed by atoms with Gasteiger partial charge in [0.1, 0.15) is 4.99 Å². The Bertz CT molecular complexity index is 640. The summed E-state index contributed by atoms with van der Waals surface area (Å²) in [7, 11) is 0. The number of hydrogen-bond donors (Lipinski definition) is 2. The minimum atomic E-state index is 0.0155. The van der Waals surface area contributed by atoms with Crippen LogP contribution in [0.4, 0.5) is 0 Å². The SMILES string of the molecule is Cc1cc(CNC(=O)Cc2ccc(C(N)=S)cc2)sc1C. The molecule has 1 aromatic heterocycles. The van der Waals surface area contributed by atoms with Crippen molar-refractivity contribution in [2.24, 2.45) is 5.73 Å². The van der Waals surface area contributed by atoms with Gasteiger partial charge in [0.2, 0.25) is 5.91 Å². The molecule has 0 atom stereocenters. The summed E-state index contributed by atoms with van der Waals surface area (Å²) >= 11 is 6.63. The summed E-state index contributed by atoms with van der Waals surface area (Å²) in [6, 6.07) is 9.58. The third-order valence-corrected chi connectivity index (χ3v) is 4.67. The van der Waals surface area contributed by atoms with Crippen LogP contribution in [0.5, 0.6) is 0 Å². The predicted octanol–water partition coefficient (Wildman–Crippen LogP) is 2.86. The monoisotopic (exact) mass is 318 g/mol. The van der Waals surface area contributed by atoms with Crippen LogP contribution < -0.4 is 11.1 Å². The van der Waals surface area contributed by atoms with Crippen molar-refractivity contribution in [2.45, 2.75) is 26.8 Å². The molecule has 110 valence electrons. The fourth-order valence-electron chi connectivity index (χ4n) is 1.96. The first-order chi connectivity index (χ1) is 9.95. The fraction of sp³-hybridized carbons (Fsp3) is 0.250. The van der Waals surface area contributed by atoms with Gasteiger partial charge in [0.25, 0.3) is 0 Å². The van der Waals surface area contributed by atoms with Gasteiger partial charge in [0, 0.05) is 15.3 Å². The normalized spacial score (nSPS) is 10.4. The van der Waals surface area contributed by atoms with Crippen molar-refractivity contribution in [2.75, 3.05) is 0 Å². The molecule has 0 unspecified atom stereocenters. The van der Waals surface area contributed by atoms with Crippen molar-refractivity contribution in [3.63, 3.8) is 0 Å². The number of amides is 1. The number of carbonyl (C=O) groups is 1. The topological polar surface area (TPSA) is 55.1 Å². The Morgan fingerprint density at radius 3 is 2.48 bits per heavy atom. The van der Waals surface area contributed by atoms with Gasteiger partial charge >= 0.3 is 0 Å². The van der Waals surface area contributed by atoms with Crippen LogP contribution in [-0.4, -0.2) is 10.9 Å². The molecular weight excluding hydrogens is 300 g/mol. The maximum absolute atomic E-state index is 11.9. The van der Waals surface area contributed by atoms with E-state index in [2.05, 4.69) is 25.2 Å². The van der Waals surface area contributed by atoms with Crippen LogP contribution in [-0.2, 0) is 17.8 Å².